The summed E-state index contributed by atoms with van der Waals surface area (Å²) in [6.07, 6.45) is 3.48. The Kier molecular flexibility index (Phi) is 2.60. The van der Waals surface area contributed by atoms with Crippen LogP contribution in [0.2, 0.25) is 0 Å². The first kappa shape index (κ1) is 8.93. The van der Waals surface area contributed by atoms with Gasteiger partial charge in [-0.1, -0.05) is 6.92 Å². The van der Waals surface area contributed by atoms with Crippen LogP contribution in [-0.2, 0) is 9.59 Å². The molecule has 66 valence electrons. The molecule has 0 aromatic heterocycles. The summed E-state index contributed by atoms with van der Waals surface area (Å²) in [5.41, 5.74) is 0. The predicted molar refractivity (Wildman–Crippen MR) is 43.9 cm³/mol. The lowest BCUT2D eigenvalue weighted by Gasteiger charge is -2.24. The minimum Gasteiger partial charge on any atom is -0.268 e. The molecule has 4 heteroatoms. The zero-order valence-electron chi connectivity index (χ0n) is 7.28. The van der Waals surface area contributed by atoms with Gasteiger partial charge in [-0.15, -0.1) is 0 Å². The molecule has 0 atom stereocenters. The summed E-state index contributed by atoms with van der Waals surface area (Å²) in [5, 5.41) is 2.77. The number of hydrogen-bond acceptors (Lipinski definition) is 3. The normalized spacial score (nSPS) is 16.8. The Morgan fingerprint density at radius 3 is 2.25 bits per heavy atom. The topological polar surface area (TPSA) is 40.6 Å². The molecule has 0 aromatic carbocycles. The van der Waals surface area contributed by atoms with Gasteiger partial charge in [-0.3, -0.25) is 9.59 Å². The Balaban J connectivity index is 2.63. The van der Waals surface area contributed by atoms with E-state index in [-0.39, 0.29) is 11.8 Å². The van der Waals surface area contributed by atoms with Crippen molar-refractivity contribution in [2.45, 2.75) is 13.3 Å². The Hall–Kier alpha value is -1.16. The lowest BCUT2D eigenvalue weighted by atomic mass is 10.5. The standard InChI is InChI=1S/C8H12N2O2/c1-3-6-9(2)10-7(11)4-5-8(10)12/h4-5H,3,6H2,1-2H3. The third kappa shape index (κ3) is 1.53. The zero-order valence-corrected chi connectivity index (χ0v) is 7.28. The summed E-state index contributed by atoms with van der Waals surface area (Å²) in [7, 11) is 1.73. The van der Waals surface area contributed by atoms with Crippen LogP contribution < -0.4 is 0 Å². The summed E-state index contributed by atoms with van der Waals surface area (Å²) in [6.45, 7) is 2.70. The summed E-state index contributed by atoms with van der Waals surface area (Å²) < 4.78 is 0. The highest BCUT2D eigenvalue weighted by molar-refractivity contribution is 6.12. The number of nitrogens with zero attached hydrogens (tertiary/aromatic N) is 2. The number of hydrazine groups is 1. The number of amides is 2. The van der Waals surface area contributed by atoms with Gasteiger partial charge >= 0.3 is 0 Å². The van der Waals surface area contributed by atoms with Crippen molar-refractivity contribution in [3.8, 4) is 0 Å². The number of carbonyl (C=O) groups is 2. The van der Waals surface area contributed by atoms with Crippen LogP contribution in [0.5, 0.6) is 0 Å². The van der Waals surface area contributed by atoms with Crippen LogP contribution in [0.15, 0.2) is 12.2 Å². The van der Waals surface area contributed by atoms with Crippen molar-refractivity contribution in [3.63, 3.8) is 0 Å². The summed E-state index contributed by atoms with van der Waals surface area (Å²) in [6, 6.07) is 0. The first-order valence-electron chi connectivity index (χ1n) is 3.94. The Bertz CT molecular complexity index is 217. The first-order valence-corrected chi connectivity index (χ1v) is 3.94. The molecule has 0 saturated carbocycles. The molecule has 0 radical (unpaired) electrons. The van der Waals surface area contributed by atoms with Gasteiger partial charge in [-0.05, 0) is 6.42 Å². The average molecular weight is 168 g/mol. The van der Waals surface area contributed by atoms with Crippen LogP contribution in [0, 0.1) is 0 Å². The number of rotatable bonds is 3. The molecule has 0 spiro atoms. The van der Waals surface area contributed by atoms with Crippen molar-refractivity contribution in [1.82, 2.24) is 10.0 Å². The molecule has 1 aliphatic rings. The van der Waals surface area contributed by atoms with Gasteiger partial charge < -0.3 is 0 Å². The average Bonchev–Trinajstić information content (AvgIpc) is 2.32. The van der Waals surface area contributed by atoms with Crippen LogP contribution in [0.1, 0.15) is 13.3 Å². The van der Waals surface area contributed by atoms with Gasteiger partial charge in [0, 0.05) is 25.7 Å². The van der Waals surface area contributed by atoms with E-state index in [4.69, 9.17) is 0 Å². The van der Waals surface area contributed by atoms with E-state index in [0.29, 0.717) is 6.54 Å². The molecule has 0 saturated heterocycles. The maximum Gasteiger partial charge on any atom is 0.268 e. The highest BCUT2D eigenvalue weighted by atomic mass is 16.2. The maximum absolute atomic E-state index is 11.1. The molecule has 2 amide bonds. The van der Waals surface area contributed by atoms with Crippen LogP contribution in [-0.4, -0.2) is 35.4 Å². The summed E-state index contributed by atoms with van der Waals surface area (Å²) in [5.74, 6) is -0.507. The predicted octanol–water partition coefficient (Wildman–Crippen LogP) is 0.168. The second-order valence-electron chi connectivity index (χ2n) is 2.70. The minimum absolute atomic E-state index is 0.254. The fraction of sp³-hybridized carbons (Fsp3) is 0.500. The quantitative estimate of drug-likeness (QED) is 0.564. The van der Waals surface area contributed by atoms with Gasteiger partial charge in [0.15, 0.2) is 0 Å². The molecule has 0 unspecified atom stereocenters. The molecule has 1 heterocycles. The summed E-state index contributed by atoms with van der Waals surface area (Å²) in [4.78, 5) is 22.2. The number of imide groups is 1. The molecule has 1 rings (SSSR count). The van der Waals surface area contributed by atoms with Gasteiger partial charge in [-0.25, -0.2) is 10.0 Å². The maximum atomic E-state index is 11.1. The molecule has 0 aromatic rings. The highest BCUT2D eigenvalue weighted by Gasteiger charge is 2.26. The molecular weight excluding hydrogens is 156 g/mol. The van der Waals surface area contributed by atoms with Crippen LogP contribution in [0.3, 0.4) is 0 Å². The summed E-state index contributed by atoms with van der Waals surface area (Å²) >= 11 is 0. The van der Waals surface area contributed by atoms with E-state index in [9.17, 15) is 9.59 Å². The Morgan fingerprint density at radius 2 is 1.83 bits per heavy atom. The van der Waals surface area contributed by atoms with Crippen LogP contribution in [0.4, 0.5) is 0 Å². The van der Waals surface area contributed by atoms with E-state index in [0.717, 1.165) is 11.4 Å². The van der Waals surface area contributed by atoms with Crippen molar-refractivity contribution >= 4 is 11.8 Å². The molecule has 4 nitrogen and oxygen atoms in total. The van der Waals surface area contributed by atoms with E-state index in [1.807, 2.05) is 6.92 Å². The first-order chi connectivity index (χ1) is 5.66. The molecule has 0 aliphatic carbocycles. The fourth-order valence-electron chi connectivity index (χ4n) is 1.15. The molecule has 12 heavy (non-hydrogen) atoms. The van der Waals surface area contributed by atoms with Crippen LogP contribution >= 0.6 is 0 Å². The van der Waals surface area contributed by atoms with Crippen LogP contribution in [0.25, 0.3) is 0 Å². The molecule has 0 fully saturated rings. The van der Waals surface area contributed by atoms with Crippen molar-refractivity contribution < 1.29 is 9.59 Å². The molecule has 1 aliphatic heterocycles. The largest absolute Gasteiger partial charge is 0.268 e. The highest BCUT2D eigenvalue weighted by Crippen LogP contribution is 2.06. The molecule has 0 N–H and O–H groups in total. The third-order valence-corrected chi connectivity index (χ3v) is 1.67. The van der Waals surface area contributed by atoms with E-state index in [1.165, 1.54) is 12.2 Å². The number of hydrogen-bond donors (Lipinski definition) is 0. The molecule has 0 bridgehead atoms. The van der Waals surface area contributed by atoms with Gasteiger partial charge in [0.25, 0.3) is 11.8 Å². The van der Waals surface area contributed by atoms with Crippen molar-refractivity contribution in [3.05, 3.63) is 12.2 Å². The van der Waals surface area contributed by atoms with Gasteiger partial charge in [0.1, 0.15) is 0 Å². The smallest absolute Gasteiger partial charge is 0.268 e. The van der Waals surface area contributed by atoms with Gasteiger partial charge in [0.05, 0.1) is 0 Å². The number of carbonyl (C=O) groups excluding carboxylic acids is 2. The Labute approximate surface area is 71.4 Å². The minimum atomic E-state index is -0.254. The van der Waals surface area contributed by atoms with Crippen molar-refractivity contribution in [2.24, 2.45) is 0 Å². The second kappa shape index (κ2) is 3.49. The lowest BCUT2D eigenvalue weighted by molar-refractivity contribution is -0.153. The molecular formula is C8H12N2O2. The second-order valence-corrected chi connectivity index (χ2v) is 2.70. The van der Waals surface area contributed by atoms with E-state index >= 15 is 0 Å². The fourth-order valence-corrected chi connectivity index (χ4v) is 1.15. The van der Waals surface area contributed by atoms with Crippen molar-refractivity contribution in [1.29, 1.82) is 0 Å². The van der Waals surface area contributed by atoms with E-state index < -0.39 is 0 Å². The van der Waals surface area contributed by atoms with E-state index in [1.54, 1.807) is 12.1 Å². The monoisotopic (exact) mass is 168 g/mol. The Morgan fingerprint density at radius 1 is 1.33 bits per heavy atom. The third-order valence-electron chi connectivity index (χ3n) is 1.67. The lowest BCUT2D eigenvalue weighted by Crippen LogP contribution is -2.44. The zero-order chi connectivity index (χ0) is 9.14. The van der Waals surface area contributed by atoms with Gasteiger partial charge in [0.2, 0.25) is 0 Å². The van der Waals surface area contributed by atoms with E-state index in [2.05, 4.69) is 0 Å². The van der Waals surface area contributed by atoms with Crippen molar-refractivity contribution in [2.75, 3.05) is 13.6 Å². The SMILES string of the molecule is CCCN(C)N1C(=O)C=CC1=O. The van der Waals surface area contributed by atoms with Gasteiger partial charge in [-0.2, -0.15) is 0 Å².